The Labute approximate surface area is 180 Å². The van der Waals surface area contributed by atoms with Gasteiger partial charge in [-0.05, 0) is 52.6 Å². The first-order chi connectivity index (χ1) is 14.2. The summed E-state index contributed by atoms with van der Waals surface area (Å²) in [6.45, 7) is 6.96. The number of nitrogens with zero attached hydrogens (tertiary/aromatic N) is 3. The van der Waals surface area contributed by atoms with Crippen LogP contribution in [0.4, 0.5) is 0 Å². The number of carbonyl (C=O) groups excluding carboxylic acids is 2. The molecule has 0 saturated heterocycles. The summed E-state index contributed by atoms with van der Waals surface area (Å²) in [5.74, 6) is -0.733. The van der Waals surface area contributed by atoms with Crippen molar-refractivity contribution in [1.29, 1.82) is 0 Å². The normalized spacial score (nSPS) is 16.7. The summed E-state index contributed by atoms with van der Waals surface area (Å²) in [5.41, 5.74) is 1.42. The van der Waals surface area contributed by atoms with Gasteiger partial charge in [0.25, 0.3) is 5.91 Å². The first-order valence-corrected chi connectivity index (χ1v) is 10.7. The topological polar surface area (TPSA) is 83.0 Å². The van der Waals surface area contributed by atoms with E-state index in [1.54, 1.807) is 11.8 Å². The fraction of sp³-hybridized carbons (Fsp3) is 0.409. The molecule has 0 saturated carbocycles. The van der Waals surface area contributed by atoms with E-state index in [2.05, 4.69) is 4.98 Å². The van der Waals surface area contributed by atoms with Crippen molar-refractivity contribution in [2.45, 2.75) is 26.8 Å². The molecule has 1 aromatic carbocycles. The molecule has 1 aliphatic rings. The molecule has 30 heavy (non-hydrogen) atoms. The summed E-state index contributed by atoms with van der Waals surface area (Å²) >= 11 is 1.27. The lowest BCUT2D eigenvalue weighted by molar-refractivity contribution is -0.129. The standard InChI is InChI=1S/C22H27N3O4S/c1-6-29-16-9-7-8-15(12-16)18-17(19(26)21-13(2)23-14(3)30-21)20(27)22(28)25(18)11-10-24(4)5/h7-9,12,18,27H,6,10-11H2,1-5H3. The Bertz CT molecular complexity index is 996. The number of amides is 1. The highest BCUT2D eigenvalue weighted by atomic mass is 32.1. The van der Waals surface area contributed by atoms with Crippen molar-refractivity contribution >= 4 is 23.0 Å². The van der Waals surface area contributed by atoms with Crippen LogP contribution >= 0.6 is 11.3 Å². The third-order valence-electron chi connectivity index (χ3n) is 4.93. The van der Waals surface area contributed by atoms with Crippen LogP contribution in [-0.2, 0) is 4.79 Å². The fourth-order valence-corrected chi connectivity index (χ4v) is 4.45. The number of aromatic nitrogens is 1. The monoisotopic (exact) mass is 429 g/mol. The zero-order valence-electron chi connectivity index (χ0n) is 17.9. The van der Waals surface area contributed by atoms with E-state index in [1.165, 1.54) is 11.3 Å². The summed E-state index contributed by atoms with van der Waals surface area (Å²) < 4.78 is 5.61. The summed E-state index contributed by atoms with van der Waals surface area (Å²) in [6.07, 6.45) is 0. The third-order valence-corrected chi connectivity index (χ3v) is 6.00. The summed E-state index contributed by atoms with van der Waals surface area (Å²) in [6, 6.07) is 6.64. The second kappa shape index (κ2) is 8.97. The van der Waals surface area contributed by atoms with Crippen LogP contribution < -0.4 is 4.74 Å². The van der Waals surface area contributed by atoms with Crippen molar-refractivity contribution in [1.82, 2.24) is 14.8 Å². The molecule has 1 aromatic heterocycles. The summed E-state index contributed by atoms with van der Waals surface area (Å²) in [4.78, 5) is 34.7. The second-order valence-electron chi connectivity index (χ2n) is 7.45. The molecule has 0 spiro atoms. The van der Waals surface area contributed by atoms with Crippen LogP contribution in [0.2, 0.25) is 0 Å². The number of hydrogen-bond donors (Lipinski definition) is 1. The predicted octanol–water partition coefficient (Wildman–Crippen LogP) is 3.30. The molecule has 0 aliphatic carbocycles. The highest BCUT2D eigenvalue weighted by molar-refractivity contribution is 7.14. The van der Waals surface area contributed by atoms with Crippen molar-refractivity contribution in [3.63, 3.8) is 0 Å². The zero-order valence-corrected chi connectivity index (χ0v) is 18.7. The molecule has 8 heteroatoms. The number of thiazole rings is 1. The maximum absolute atomic E-state index is 13.4. The minimum Gasteiger partial charge on any atom is -0.503 e. The predicted molar refractivity (Wildman–Crippen MR) is 116 cm³/mol. The third kappa shape index (κ3) is 4.24. The van der Waals surface area contributed by atoms with E-state index in [1.807, 2.05) is 57.1 Å². The Hall–Kier alpha value is -2.71. The van der Waals surface area contributed by atoms with Gasteiger partial charge in [-0.2, -0.15) is 0 Å². The Morgan fingerprint density at radius 2 is 2.07 bits per heavy atom. The van der Waals surface area contributed by atoms with Gasteiger partial charge in [-0.1, -0.05) is 12.1 Å². The van der Waals surface area contributed by atoms with Crippen LogP contribution in [0.1, 0.15) is 38.9 Å². The van der Waals surface area contributed by atoms with E-state index < -0.39 is 17.7 Å². The lowest BCUT2D eigenvalue weighted by Gasteiger charge is -2.28. The van der Waals surface area contributed by atoms with Crippen LogP contribution in [0.3, 0.4) is 0 Å². The van der Waals surface area contributed by atoms with Crippen LogP contribution in [-0.4, -0.2) is 65.4 Å². The van der Waals surface area contributed by atoms with Crippen LogP contribution in [0.5, 0.6) is 5.75 Å². The number of likely N-dealkylation sites (N-methyl/N-ethyl adjacent to an activating group) is 1. The van der Waals surface area contributed by atoms with E-state index >= 15 is 0 Å². The number of aliphatic hydroxyl groups is 1. The Morgan fingerprint density at radius 1 is 1.33 bits per heavy atom. The van der Waals surface area contributed by atoms with Gasteiger partial charge in [0.05, 0.1) is 33.8 Å². The SMILES string of the molecule is CCOc1cccc(C2C(C(=O)c3sc(C)nc3C)=C(O)C(=O)N2CCN(C)C)c1. The average Bonchev–Trinajstić information content (AvgIpc) is 3.16. The van der Waals surface area contributed by atoms with Crippen molar-refractivity contribution < 1.29 is 19.4 Å². The number of benzene rings is 1. The lowest BCUT2D eigenvalue weighted by atomic mass is 9.95. The molecule has 1 N–H and O–H groups in total. The average molecular weight is 430 g/mol. The molecule has 1 amide bonds. The Kier molecular flexibility index (Phi) is 6.58. The maximum Gasteiger partial charge on any atom is 0.290 e. The van der Waals surface area contributed by atoms with Crippen molar-refractivity contribution in [2.24, 2.45) is 0 Å². The largest absolute Gasteiger partial charge is 0.503 e. The number of aliphatic hydroxyl groups excluding tert-OH is 1. The van der Waals surface area contributed by atoms with Gasteiger partial charge < -0.3 is 19.6 Å². The Balaban J connectivity index is 2.09. The molecule has 7 nitrogen and oxygen atoms in total. The molecule has 2 heterocycles. The lowest BCUT2D eigenvalue weighted by Crippen LogP contribution is -2.36. The van der Waals surface area contributed by atoms with Gasteiger partial charge in [-0.25, -0.2) is 4.98 Å². The highest BCUT2D eigenvalue weighted by Crippen LogP contribution is 2.40. The van der Waals surface area contributed by atoms with E-state index in [9.17, 15) is 14.7 Å². The molecule has 0 radical (unpaired) electrons. The van der Waals surface area contributed by atoms with Gasteiger partial charge in [-0.3, -0.25) is 9.59 Å². The van der Waals surface area contributed by atoms with E-state index in [0.29, 0.717) is 36.0 Å². The minimum atomic E-state index is -0.688. The molecule has 1 aliphatic heterocycles. The van der Waals surface area contributed by atoms with Crippen molar-refractivity contribution in [3.05, 3.63) is 56.7 Å². The van der Waals surface area contributed by atoms with E-state index in [4.69, 9.17) is 4.74 Å². The van der Waals surface area contributed by atoms with Crippen molar-refractivity contribution in [2.75, 3.05) is 33.8 Å². The van der Waals surface area contributed by atoms with Gasteiger partial charge >= 0.3 is 0 Å². The first kappa shape index (κ1) is 22.0. The first-order valence-electron chi connectivity index (χ1n) is 9.84. The molecule has 0 bridgehead atoms. The summed E-state index contributed by atoms with van der Waals surface area (Å²) in [7, 11) is 3.82. The van der Waals surface area contributed by atoms with Crippen LogP contribution in [0.15, 0.2) is 35.6 Å². The molecular formula is C22H27N3O4S. The molecule has 0 fully saturated rings. The number of rotatable bonds is 8. The molecule has 1 atom stereocenters. The van der Waals surface area contributed by atoms with E-state index in [-0.39, 0.29) is 11.4 Å². The fourth-order valence-electron chi connectivity index (χ4n) is 3.58. The molecule has 160 valence electrons. The van der Waals surface area contributed by atoms with Crippen molar-refractivity contribution in [3.8, 4) is 5.75 Å². The summed E-state index contributed by atoms with van der Waals surface area (Å²) in [5, 5.41) is 11.5. The second-order valence-corrected chi connectivity index (χ2v) is 8.65. The van der Waals surface area contributed by atoms with Gasteiger partial charge in [0.15, 0.2) is 5.76 Å². The van der Waals surface area contributed by atoms with Gasteiger partial charge in [0, 0.05) is 13.1 Å². The van der Waals surface area contributed by atoms with Gasteiger partial charge in [0.2, 0.25) is 5.78 Å². The quantitative estimate of drug-likeness (QED) is 0.649. The molecule has 3 rings (SSSR count). The smallest absolute Gasteiger partial charge is 0.290 e. The number of hydrogen-bond acceptors (Lipinski definition) is 7. The maximum atomic E-state index is 13.4. The van der Waals surface area contributed by atoms with Gasteiger partial charge in [-0.15, -0.1) is 11.3 Å². The number of ether oxygens (including phenoxy) is 1. The molecule has 2 aromatic rings. The number of carbonyl (C=O) groups is 2. The van der Waals surface area contributed by atoms with Gasteiger partial charge in [0.1, 0.15) is 5.75 Å². The van der Waals surface area contributed by atoms with E-state index in [0.717, 1.165) is 10.6 Å². The highest BCUT2D eigenvalue weighted by Gasteiger charge is 2.44. The van der Waals surface area contributed by atoms with Crippen LogP contribution in [0.25, 0.3) is 0 Å². The van der Waals surface area contributed by atoms with Crippen LogP contribution in [0, 0.1) is 13.8 Å². The number of aryl methyl sites for hydroxylation is 2. The molecular weight excluding hydrogens is 402 g/mol. The zero-order chi connectivity index (χ0) is 22.0. The minimum absolute atomic E-state index is 0.0964. The number of ketones is 1. The number of Topliss-reactive ketones (excluding diaryl/α,β-unsaturated/α-hetero) is 1. The Morgan fingerprint density at radius 3 is 2.67 bits per heavy atom. The molecule has 1 unspecified atom stereocenters.